The highest BCUT2D eigenvalue weighted by molar-refractivity contribution is 7.93. The molecule has 0 spiro atoms. The number of aromatic nitrogens is 3. The Morgan fingerprint density at radius 1 is 1.23 bits per heavy atom. The highest BCUT2D eigenvalue weighted by atomic mass is 32.2. The van der Waals surface area contributed by atoms with Gasteiger partial charge >= 0.3 is 0 Å². The molecule has 0 amide bonds. The lowest BCUT2D eigenvalue weighted by molar-refractivity contribution is 0.528. The second-order valence-electron chi connectivity index (χ2n) is 7.72. The molecule has 1 saturated heterocycles. The fourth-order valence-corrected chi connectivity index (χ4v) is 7.21. The Balaban J connectivity index is 1.43. The molecule has 8 nitrogen and oxygen atoms in total. The Labute approximate surface area is 178 Å². The summed E-state index contributed by atoms with van der Waals surface area (Å²) in [6, 6.07) is 9.22. The Morgan fingerprint density at radius 3 is 2.90 bits per heavy atom. The molecule has 2 aliphatic rings. The summed E-state index contributed by atoms with van der Waals surface area (Å²) >= 11 is 1.34. The van der Waals surface area contributed by atoms with E-state index in [1.807, 2.05) is 36.1 Å². The van der Waals surface area contributed by atoms with Crippen molar-refractivity contribution in [1.29, 1.82) is 0 Å². The van der Waals surface area contributed by atoms with Crippen LogP contribution in [0.2, 0.25) is 0 Å². The van der Waals surface area contributed by atoms with Gasteiger partial charge in [-0.05, 0) is 37.3 Å². The van der Waals surface area contributed by atoms with E-state index < -0.39 is 15.3 Å². The van der Waals surface area contributed by atoms with Gasteiger partial charge < -0.3 is 4.90 Å². The Morgan fingerprint density at radius 2 is 2.07 bits per heavy atom. The van der Waals surface area contributed by atoms with E-state index in [0.29, 0.717) is 36.0 Å². The number of benzene rings is 1. The van der Waals surface area contributed by atoms with Gasteiger partial charge in [0.2, 0.25) is 20.1 Å². The molecule has 1 fully saturated rings. The monoisotopic (exact) mass is 445 g/mol. The maximum atomic E-state index is 13.5. The maximum Gasteiger partial charge on any atom is 0.275 e. The zero-order valence-corrected chi connectivity index (χ0v) is 18.3. The smallest absolute Gasteiger partial charge is 0.275 e. The van der Waals surface area contributed by atoms with Gasteiger partial charge in [0.25, 0.3) is 5.56 Å². The summed E-state index contributed by atoms with van der Waals surface area (Å²) in [4.78, 5) is 19.3. The van der Waals surface area contributed by atoms with Gasteiger partial charge in [-0.3, -0.25) is 9.10 Å². The van der Waals surface area contributed by atoms with Crippen LogP contribution >= 0.6 is 11.3 Å². The van der Waals surface area contributed by atoms with Crippen LogP contribution in [0.3, 0.4) is 0 Å². The van der Waals surface area contributed by atoms with Crippen LogP contribution in [0.15, 0.2) is 35.1 Å². The number of aryl methyl sites for hydroxylation is 1. The molecule has 158 valence electrons. The predicted molar refractivity (Wildman–Crippen MR) is 118 cm³/mol. The average Bonchev–Trinajstić information content (AvgIpc) is 3.39. The number of hydrogen-bond acceptors (Lipinski definition) is 7. The van der Waals surface area contributed by atoms with E-state index in [2.05, 4.69) is 10.1 Å². The van der Waals surface area contributed by atoms with Crippen molar-refractivity contribution in [2.75, 3.05) is 28.8 Å². The summed E-state index contributed by atoms with van der Waals surface area (Å²) in [5.74, 6) is 0. The maximum absolute atomic E-state index is 13.5. The number of para-hydroxylation sites is 1. The zero-order valence-electron chi connectivity index (χ0n) is 16.7. The van der Waals surface area contributed by atoms with Crippen LogP contribution in [-0.4, -0.2) is 47.9 Å². The summed E-state index contributed by atoms with van der Waals surface area (Å²) in [5, 5.41) is 4.59. The molecule has 30 heavy (non-hydrogen) atoms. The van der Waals surface area contributed by atoms with Crippen molar-refractivity contribution in [2.24, 2.45) is 0 Å². The van der Waals surface area contributed by atoms with Crippen molar-refractivity contribution in [1.82, 2.24) is 14.6 Å². The zero-order chi connectivity index (χ0) is 20.9. The molecule has 2 aromatic heterocycles. The molecular formula is C20H23N5O3S2. The lowest BCUT2D eigenvalue weighted by Gasteiger charge is -2.34. The number of anilines is 2. The summed E-state index contributed by atoms with van der Waals surface area (Å²) in [6.45, 7) is 3.54. The van der Waals surface area contributed by atoms with Gasteiger partial charge in [-0.25, -0.2) is 13.4 Å². The van der Waals surface area contributed by atoms with Gasteiger partial charge in [-0.15, -0.1) is 5.10 Å². The summed E-state index contributed by atoms with van der Waals surface area (Å²) < 4.78 is 29.8. The second-order valence-corrected chi connectivity index (χ2v) is 10.8. The first-order valence-corrected chi connectivity index (χ1v) is 12.5. The van der Waals surface area contributed by atoms with Gasteiger partial charge in [-0.1, -0.05) is 36.5 Å². The highest BCUT2D eigenvalue weighted by Crippen LogP contribution is 2.34. The summed E-state index contributed by atoms with van der Waals surface area (Å²) in [6.07, 6.45) is 2.82. The van der Waals surface area contributed by atoms with Gasteiger partial charge in [-0.2, -0.15) is 4.52 Å². The number of sulfonamides is 1. The van der Waals surface area contributed by atoms with Crippen LogP contribution in [0.4, 0.5) is 10.8 Å². The average molecular weight is 446 g/mol. The van der Waals surface area contributed by atoms with Crippen molar-refractivity contribution < 1.29 is 8.42 Å². The van der Waals surface area contributed by atoms with Crippen molar-refractivity contribution in [3.05, 3.63) is 51.9 Å². The molecule has 1 atom stereocenters. The molecule has 0 bridgehead atoms. The van der Waals surface area contributed by atoms with Crippen LogP contribution < -0.4 is 14.8 Å². The van der Waals surface area contributed by atoms with Gasteiger partial charge in [0, 0.05) is 31.4 Å². The Hall–Kier alpha value is -2.46. The number of rotatable bonds is 4. The van der Waals surface area contributed by atoms with E-state index in [1.165, 1.54) is 21.9 Å². The molecule has 4 heterocycles. The van der Waals surface area contributed by atoms with Crippen LogP contribution in [0.1, 0.15) is 31.0 Å². The quantitative estimate of drug-likeness (QED) is 0.611. The van der Waals surface area contributed by atoms with Crippen LogP contribution in [-0.2, 0) is 22.9 Å². The second kappa shape index (κ2) is 7.35. The van der Waals surface area contributed by atoms with Gasteiger partial charge in [0.15, 0.2) is 0 Å². The lowest BCUT2D eigenvalue weighted by atomic mass is 10.1. The van der Waals surface area contributed by atoms with Crippen molar-refractivity contribution in [3.63, 3.8) is 0 Å². The van der Waals surface area contributed by atoms with Gasteiger partial charge in [0.1, 0.15) is 0 Å². The van der Waals surface area contributed by atoms with Crippen molar-refractivity contribution in [2.45, 2.75) is 37.9 Å². The largest absolute Gasteiger partial charge is 0.345 e. The molecule has 1 aromatic carbocycles. The first-order valence-electron chi connectivity index (χ1n) is 10.2. The minimum absolute atomic E-state index is 0.200. The fraction of sp³-hybridized carbons (Fsp3) is 0.450. The molecule has 0 N–H and O–H groups in total. The van der Waals surface area contributed by atoms with E-state index in [1.54, 1.807) is 4.31 Å². The Kier molecular flexibility index (Phi) is 4.78. The standard InChI is InChI=1S/C20H23N5O3S2/c1-2-15-12-18(26)25-19(21-15)29-20(22-25)23-10-5-7-16(13-23)30(27,28)24-11-9-14-6-3-4-8-17(14)24/h3-4,6,8,12,16H,2,5,7,9-11,13H2,1H3. The van der Waals surface area contributed by atoms with Crippen LogP contribution in [0.25, 0.3) is 4.96 Å². The van der Waals surface area contributed by atoms with E-state index >= 15 is 0 Å². The summed E-state index contributed by atoms with van der Waals surface area (Å²) in [7, 11) is -3.48. The number of hydrogen-bond donors (Lipinski definition) is 0. The van der Waals surface area contributed by atoms with Crippen molar-refractivity contribution >= 4 is 37.1 Å². The molecule has 3 aromatic rings. The van der Waals surface area contributed by atoms with E-state index in [4.69, 9.17) is 0 Å². The molecule has 5 rings (SSSR count). The highest BCUT2D eigenvalue weighted by Gasteiger charge is 2.38. The first kappa shape index (κ1) is 19.5. The number of fused-ring (bicyclic) bond motifs is 2. The summed E-state index contributed by atoms with van der Waals surface area (Å²) in [5.41, 5.74) is 2.42. The molecule has 0 aliphatic carbocycles. The molecule has 0 radical (unpaired) electrons. The van der Waals surface area contributed by atoms with E-state index in [-0.39, 0.29) is 5.56 Å². The van der Waals surface area contributed by atoms with E-state index in [0.717, 1.165) is 36.3 Å². The third-order valence-corrected chi connectivity index (χ3v) is 9.06. The molecule has 0 saturated carbocycles. The number of piperidine rings is 1. The molecular weight excluding hydrogens is 422 g/mol. The molecule has 2 aliphatic heterocycles. The molecule has 10 heteroatoms. The molecule has 1 unspecified atom stereocenters. The first-order chi connectivity index (χ1) is 14.5. The minimum atomic E-state index is -3.48. The third kappa shape index (κ3) is 3.18. The predicted octanol–water partition coefficient (Wildman–Crippen LogP) is 2.07. The minimum Gasteiger partial charge on any atom is -0.345 e. The van der Waals surface area contributed by atoms with Crippen molar-refractivity contribution in [3.8, 4) is 0 Å². The topological polar surface area (TPSA) is 87.9 Å². The van der Waals surface area contributed by atoms with Crippen LogP contribution in [0.5, 0.6) is 0 Å². The van der Waals surface area contributed by atoms with Gasteiger partial charge in [0.05, 0.1) is 10.9 Å². The fourth-order valence-electron chi connectivity index (χ4n) is 4.26. The SMILES string of the molecule is CCc1cc(=O)n2nc(N3CCCC(S(=O)(=O)N4CCc5ccccc54)C3)sc2n1. The normalized spacial score (nSPS) is 19.4. The lowest BCUT2D eigenvalue weighted by Crippen LogP contribution is -2.47. The van der Waals surface area contributed by atoms with Crippen LogP contribution in [0, 0.1) is 0 Å². The third-order valence-electron chi connectivity index (χ3n) is 5.87. The Bertz CT molecular complexity index is 1270. The number of nitrogens with zero attached hydrogens (tertiary/aromatic N) is 5. The van der Waals surface area contributed by atoms with E-state index in [9.17, 15) is 13.2 Å².